The molecule has 0 spiro atoms. The summed E-state index contributed by atoms with van der Waals surface area (Å²) in [5.74, 6) is 0. The first-order valence-corrected chi connectivity index (χ1v) is 6.13. The Labute approximate surface area is 103 Å². The van der Waals surface area contributed by atoms with Gasteiger partial charge in [0, 0.05) is 11.7 Å². The van der Waals surface area contributed by atoms with E-state index < -0.39 is 0 Å². The third-order valence-electron chi connectivity index (χ3n) is 2.53. The van der Waals surface area contributed by atoms with Crippen LogP contribution in [0.2, 0.25) is 5.02 Å². The van der Waals surface area contributed by atoms with Crippen LogP contribution in [0.5, 0.6) is 0 Å². The fourth-order valence-electron chi connectivity index (χ4n) is 1.47. The van der Waals surface area contributed by atoms with Gasteiger partial charge in [-0.15, -0.1) is 0 Å². The van der Waals surface area contributed by atoms with Crippen LogP contribution in [0, 0.1) is 6.92 Å². The van der Waals surface area contributed by atoms with Gasteiger partial charge in [0.25, 0.3) is 0 Å². The molecular weight excluding hydrogens is 222 g/mol. The highest BCUT2D eigenvalue weighted by Crippen LogP contribution is 2.17. The molecule has 0 aromatic carbocycles. The maximum atomic E-state index is 5.98. The van der Waals surface area contributed by atoms with E-state index in [0.29, 0.717) is 6.04 Å². The number of nitrogens with one attached hydrogen (secondary N) is 1. The van der Waals surface area contributed by atoms with Gasteiger partial charge in [0.1, 0.15) is 0 Å². The van der Waals surface area contributed by atoms with Crippen molar-refractivity contribution in [1.82, 2.24) is 15.1 Å². The molecule has 0 saturated carbocycles. The molecule has 0 radical (unpaired) electrons. The predicted molar refractivity (Wildman–Crippen MR) is 69.1 cm³/mol. The third kappa shape index (κ3) is 4.14. The molecule has 1 N–H and O–H groups in total. The summed E-state index contributed by atoms with van der Waals surface area (Å²) < 4.78 is 1.95. The fourth-order valence-corrected chi connectivity index (χ4v) is 1.61. The minimum atomic E-state index is 0.178. The SMILES string of the molecule is Cc1nn(C(C)CCNC(C)(C)C)cc1Cl. The van der Waals surface area contributed by atoms with Crippen LogP contribution in [0.15, 0.2) is 6.20 Å². The number of nitrogens with zero attached hydrogens (tertiary/aromatic N) is 2. The van der Waals surface area contributed by atoms with Crippen LogP contribution in [0.4, 0.5) is 0 Å². The van der Waals surface area contributed by atoms with E-state index in [2.05, 4.69) is 38.1 Å². The second-order valence-electron chi connectivity index (χ2n) is 5.36. The molecular formula is C12H22ClN3. The largest absolute Gasteiger partial charge is 0.312 e. The number of hydrogen-bond acceptors (Lipinski definition) is 2. The lowest BCUT2D eigenvalue weighted by atomic mass is 10.1. The molecule has 1 atom stereocenters. The predicted octanol–water partition coefficient (Wildman–Crippen LogP) is 3.18. The highest BCUT2D eigenvalue weighted by molar-refractivity contribution is 6.31. The minimum absolute atomic E-state index is 0.178. The second-order valence-corrected chi connectivity index (χ2v) is 5.76. The van der Waals surface area contributed by atoms with E-state index in [0.717, 1.165) is 23.7 Å². The zero-order chi connectivity index (χ0) is 12.3. The average molecular weight is 244 g/mol. The molecule has 1 rings (SSSR count). The van der Waals surface area contributed by atoms with Crippen molar-refractivity contribution < 1.29 is 0 Å². The van der Waals surface area contributed by atoms with Crippen LogP contribution < -0.4 is 5.32 Å². The van der Waals surface area contributed by atoms with Gasteiger partial charge in [-0.3, -0.25) is 4.68 Å². The van der Waals surface area contributed by atoms with Crippen LogP contribution in [0.1, 0.15) is 45.9 Å². The van der Waals surface area contributed by atoms with E-state index in [-0.39, 0.29) is 5.54 Å². The standard InChI is InChI=1S/C12H22ClN3/c1-9(6-7-14-12(3,4)5)16-8-11(13)10(2)15-16/h8-9,14H,6-7H2,1-5H3. The maximum absolute atomic E-state index is 5.98. The van der Waals surface area contributed by atoms with E-state index in [9.17, 15) is 0 Å². The minimum Gasteiger partial charge on any atom is -0.312 e. The first kappa shape index (κ1) is 13.5. The third-order valence-corrected chi connectivity index (χ3v) is 2.90. The highest BCUT2D eigenvalue weighted by Gasteiger charge is 2.11. The Morgan fingerprint density at radius 1 is 1.50 bits per heavy atom. The number of halogens is 1. The molecule has 0 aliphatic rings. The maximum Gasteiger partial charge on any atom is 0.0815 e. The van der Waals surface area contributed by atoms with Crippen LogP contribution in [-0.2, 0) is 0 Å². The quantitative estimate of drug-likeness (QED) is 0.880. The van der Waals surface area contributed by atoms with E-state index in [4.69, 9.17) is 11.6 Å². The van der Waals surface area contributed by atoms with Gasteiger partial charge in [-0.05, 0) is 47.6 Å². The van der Waals surface area contributed by atoms with E-state index in [1.807, 2.05) is 17.8 Å². The summed E-state index contributed by atoms with van der Waals surface area (Å²) >= 11 is 5.98. The van der Waals surface area contributed by atoms with E-state index in [1.165, 1.54) is 0 Å². The highest BCUT2D eigenvalue weighted by atomic mass is 35.5. The smallest absolute Gasteiger partial charge is 0.0815 e. The lowest BCUT2D eigenvalue weighted by Gasteiger charge is -2.22. The van der Waals surface area contributed by atoms with Crippen LogP contribution in [-0.4, -0.2) is 21.9 Å². The number of hydrogen-bond donors (Lipinski definition) is 1. The van der Waals surface area contributed by atoms with Crippen molar-refractivity contribution in [2.75, 3.05) is 6.54 Å². The average Bonchev–Trinajstić information content (AvgIpc) is 2.45. The number of aromatic nitrogens is 2. The molecule has 0 aliphatic carbocycles. The van der Waals surface area contributed by atoms with Gasteiger partial charge in [-0.2, -0.15) is 5.10 Å². The molecule has 3 nitrogen and oxygen atoms in total. The van der Waals surface area contributed by atoms with Gasteiger partial charge in [-0.25, -0.2) is 0 Å². The van der Waals surface area contributed by atoms with Crippen molar-refractivity contribution in [3.05, 3.63) is 16.9 Å². The zero-order valence-electron chi connectivity index (χ0n) is 10.8. The molecule has 1 unspecified atom stereocenters. The van der Waals surface area contributed by atoms with Crippen molar-refractivity contribution in [3.63, 3.8) is 0 Å². The summed E-state index contributed by atoms with van der Waals surface area (Å²) in [7, 11) is 0. The number of aryl methyl sites for hydroxylation is 1. The molecule has 4 heteroatoms. The van der Waals surface area contributed by atoms with Crippen molar-refractivity contribution in [1.29, 1.82) is 0 Å². The molecule has 16 heavy (non-hydrogen) atoms. The van der Waals surface area contributed by atoms with Gasteiger partial charge in [0.2, 0.25) is 0 Å². The van der Waals surface area contributed by atoms with Crippen molar-refractivity contribution in [2.45, 2.75) is 52.6 Å². The molecule has 0 fully saturated rings. The second kappa shape index (κ2) is 5.19. The van der Waals surface area contributed by atoms with Crippen LogP contribution >= 0.6 is 11.6 Å². The summed E-state index contributed by atoms with van der Waals surface area (Å²) in [6.07, 6.45) is 2.95. The summed E-state index contributed by atoms with van der Waals surface area (Å²) in [6.45, 7) is 11.6. The van der Waals surface area contributed by atoms with Crippen LogP contribution in [0.25, 0.3) is 0 Å². The molecule has 0 aliphatic heterocycles. The number of rotatable bonds is 4. The molecule has 1 aromatic rings. The summed E-state index contributed by atoms with van der Waals surface area (Å²) in [5, 5.41) is 8.60. The van der Waals surface area contributed by atoms with Crippen molar-refractivity contribution >= 4 is 11.6 Å². The summed E-state index contributed by atoms with van der Waals surface area (Å²) in [6, 6.07) is 0.376. The monoisotopic (exact) mass is 243 g/mol. The van der Waals surface area contributed by atoms with Gasteiger partial charge < -0.3 is 5.32 Å². The molecule has 0 amide bonds. The molecule has 0 saturated heterocycles. The Hall–Kier alpha value is -0.540. The Morgan fingerprint density at radius 3 is 2.56 bits per heavy atom. The Kier molecular flexibility index (Phi) is 4.39. The Morgan fingerprint density at radius 2 is 2.12 bits per heavy atom. The lowest BCUT2D eigenvalue weighted by Crippen LogP contribution is -2.37. The lowest BCUT2D eigenvalue weighted by molar-refractivity contribution is 0.379. The molecule has 1 aromatic heterocycles. The zero-order valence-corrected chi connectivity index (χ0v) is 11.6. The first-order chi connectivity index (χ1) is 7.29. The topological polar surface area (TPSA) is 29.9 Å². The van der Waals surface area contributed by atoms with Crippen LogP contribution in [0.3, 0.4) is 0 Å². The Bertz CT molecular complexity index is 319. The van der Waals surface area contributed by atoms with Crippen molar-refractivity contribution in [3.8, 4) is 0 Å². The van der Waals surface area contributed by atoms with Gasteiger partial charge in [0.15, 0.2) is 0 Å². The first-order valence-electron chi connectivity index (χ1n) is 5.76. The normalized spacial score (nSPS) is 14.1. The van der Waals surface area contributed by atoms with Gasteiger partial charge in [0.05, 0.1) is 16.8 Å². The molecule has 92 valence electrons. The summed E-state index contributed by atoms with van der Waals surface area (Å²) in [4.78, 5) is 0. The van der Waals surface area contributed by atoms with E-state index in [1.54, 1.807) is 0 Å². The molecule has 1 heterocycles. The Balaban J connectivity index is 2.44. The van der Waals surface area contributed by atoms with Gasteiger partial charge >= 0.3 is 0 Å². The van der Waals surface area contributed by atoms with E-state index >= 15 is 0 Å². The fraction of sp³-hybridized carbons (Fsp3) is 0.750. The van der Waals surface area contributed by atoms with Crippen molar-refractivity contribution in [2.24, 2.45) is 0 Å². The molecule has 0 bridgehead atoms. The van der Waals surface area contributed by atoms with Gasteiger partial charge in [-0.1, -0.05) is 11.6 Å². The summed E-state index contributed by atoms with van der Waals surface area (Å²) in [5.41, 5.74) is 1.08.